The molecule has 1 N–H and O–H groups in total. The van der Waals surface area contributed by atoms with Gasteiger partial charge in [0.1, 0.15) is 23.0 Å². The summed E-state index contributed by atoms with van der Waals surface area (Å²) in [5.74, 6) is 0.654. The summed E-state index contributed by atoms with van der Waals surface area (Å²) in [5.41, 5.74) is 0. The molecule has 0 atom stereocenters. The number of carboxylic acid groups (broad SMARTS) is 1. The Hall–Kier alpha value is -2.01. The first-order chi connectivity index (χ1) is 9.69. The van der Waals surface area contributed by atoms with E-state index in [1.807, 2.05) is 24.3 Å². The summed E-state index contributed by atoms with van der Waals surface area (Å²) < 4.78 is 11.1. The Balaban J connectivity index is 1.88. The van der Waals surface area contributed by atoms with Gasteiger partial charge in [-0.25, -0.2) is 4.79 Å². The summed E-state index contributed by atoms with van der Waals surface area (Å²) in [7, 11) is 0. The minimum absolute atomic E-state index is 0.326. The molecule has 0 unspecified atom stereocenters. The lowest BCUT2D eigenvalue weighted by atomic mass is 10.3. The molecule has 4 nitrogen and oxygen atoms in total. The third kappa shape index (κ3) is 3.99. The zero-order chi connectivity index (χ0) is 14.4. The van der Waals surface area contributed by atoms with Crippen LogP contribution in [0.3, 0.4) is 0 Å². The van der Waals surface area contributed by atoms with E-state index in [4.69, 9.17) is 14.6 Å². The van der Waals surface area contributed by atoms with E-state index in [9.17, 15) is 4.79 Å². The number of thiophene rings is 1. The van der Waals surface area contributed by atoms with E-state index in [1.54, 1.807) is 12.1 Å². The average molecular weight is 292 g/mol. The van der Waals surface area contributed by atoms with Crippen LogP contribution in [0.15, 0.2) is 36.4 Å². The molecule has 0 fully saturated rings. The number of benzene rings is 1. The second-order valence-electron chi connectivity index (χ2n) is 4.18. The van der Waals surface area contributed by atoms with Crippen molar-refractivity contribution in [1.29, 1.82) is 0 Å². The monoisotopic (exact) mass is 292 g/mol. The normalized spacial score (nSPS) is 10.2. The smallest absolute Gasteiger partial charge is 0.345 e. The Labute approximate surface area is 121 Å². The molecule has 0 radical (unpaired) electrons. The Morgan fingerprint density at radius 3 is 2.30 bits per heavy atom. The topological polar surface area (TPSA) is 55.8 Å². The highest BCUT2D eigenvalue weighted by Crippen LogP contribution is 2.21. The largest absolute Gasteiger partial charge is 0.494 e. The second kappa shape index (κ2) is 6.96. The van der Waals surface area contributed by atoms with Crippen molar-refractivity contribution in [2.75, 3.05) is 6.61 Å². The maximum absolute atomic E-state index is 10.8. The zero-order valence-corrected chi connectivity index (χ0v) is 12.0. The molecule has 106 valence electrons. The van der Waals surface area contributed by atoms with Gasteiger partial charge in [-0.2, -0.15) is 0 Å². The summed E-state index contributed by atoms with van der Waals surface area (Å²) in [4.78, 5) is 12.0. The van der Waals surface area contributed by atoms with Crippen molar-refractivity contribution in [1.82, 2.24) is 0 Å². The third-order valence-electron chi connectivity index (χ3n) is 2.55. The fraction of sp³-hybridized carbons (Fsp3) is 0.267. The number of aromatic carboxylic acids is 1. The van der Waals surface area contributed by atoms with E-state index in [-0.39, 0.29) is 0 Å². The number of rotatable bonds is 7. The first-order valence-corrected chi connectivity index (χ1v) is 7.18. The van der Waals surface area contributed by atoms with Crippen LogP contribution in [0.5, 0.6) is 11.5 Å². The number of hydrogen-bond acceptors (Lipinski definition) is 4. The van der Waals surface area contributed by atoms with Crippen molar-refractivity contribution in [3.63, 3.8) is 0 Å². The minimum atomic E-state index is -0.904. The molecular formula is C15H16O4S. The van der Waals surface area contributed by atoms with Crippen LogP contribution in [0.25, 0.3) is 0 Å². The Kier molecular flexibility index (Phi) is 5.01. The van der Waals surface area contributed by atoms with E-state index in [1.165, 1.54) is 11.3 Å². The molecule has 20 heavy (non-hydrogen) atoms. The summed E-state index contributed by atoms with van der Waals surface area (Å²) in [6, 6.07) is 10.8. The van der Waals surface area contributed by atoms with Gasteiger partial charge in [0, 0.05) is 4.88 Å². The predicted octanol–water partition coefficient (Wildman–Crippen LogP) is 3.81. The maximum Gasteiger partial charge on any atom is 0.345 e. The zero-order valence-electron chi connectivity index (χ0n) is 11.2. The lowest BCUT2D eigenvalue weighted by Crippen LogP contribution is -1.96. The van der Waals surface area contributed by atoms with Gasteiger partial charge in [0.05, 0.1) is 6.61 Å². The SMILES string of the molecule is CCCOc1ccc(OCc2ccc(C(=O)O)s2)cc1. The van der Waals surface area contributed by atoms with Crippen LogP contribution in [0, 0.1) is 0 Å². The fourth-order valence-electron chi connectivity index (χ4n) is 1.58. The van der Waals surface area contributed by atoms with Crippen LogP contribution in [0.2, 0.25) is 0 Å². The molecule has 0 saturated heterocycles. The van der Waals surface area contributed by atoms with Gasteiger partial charge in [-0.15, -0.1) is 11.3 Å². The molecule has 0 aliphatic rings. The van der Waals surface area contributed by atoms with Gasteiger partial charge in [-0.3, -0.25) is 0 Å². The summed E-state index contributed by atoms with van der Waals surface area (Å²) in [6.07, 6.45) is 0.975. The highest BCUT2D eigenvalue weighted by Gasteiger charge is 2.07. The van der Waals surface area contributed by atoms with Gasteiger partial charge in [0.25, 0.3) is 0 Å². The van der Waals surface area contributed by atoms with E-state index in [0.29, 0.717) is 18.1 Å². The lowest BCUT2D eigenvalue weighted by Gasteiger charge is -2.07. The predicted molar refractivity (Wildman–Crippen MR) is 77.8 cm³/mol. The third-order valence-corrected chi connectivity index (χ3v) is 3.60. The van der Waals surface area contributed by atoms with Gasteiger partial charge in [-0.1, -0.05) is 6.92 Å². The molecule has 0 spiro atoms. The van der Waals surface area contributed by atoms with Crippen molar-refractivity contribution >= 4 is 17.3 Å². The standard InChI is InChI=1S/C15H16O4S/c1-2-9-18-11-3-5-12(6-4-11)19-10-13-7-8-14(20-13)15(16)17/h3-8H,2,9-10H2,1H3,(H,16,17). The number of hydrogen-bond donors (Lipinski definition) is 1. The number of ether oxygens (including phenoxy) is 2. The lowest BCUT2D eigenvalue weighted by molar-refractivity contribution is 0.0702. The summed E-state index contributed by atoms with van der Waals surface area (Å²) in [5, 5.41) is 8.84. The van der Waals surface area contributed by atoms with Crippen LogP contribution in [-0.4, -0.2) is 17.7 Å². The van der Waals surface area contributed by atoms with E-state index >= 15 is 0 Å². The minimum Gasteiger partial charge on any atom is -0.494 e. The average Bonchev–Trinajstić information content (AvgIpc) is 2.93. The van der Waals surface area contributed by atoms with Crippen molar-refractivity contribution < 1.29 is 19.4 Å². The van der Waals surface area contributed by atoms with Crippen LogP contribution in [-0.2, 0) is 6.61 Å². The van der Waals surface area contributed by atoms with Gasteiger partial charge in [-0.05, 0) is 42.8 Å². The molecule has 1 heterocycles. The molecule has 1 aromatic heterocycles. The van der Waals surface area contributed by atoms with E-state index in [2.05, 4.69) is 6.92 Å². The maximum atomic E-state index is 10.8. The van der Waals surface area contributed by atoms with Crippen LogP contribution < -0.4 is 9.47 Å². The molecule has 0 saturated carbocycles. The fourth-order valence-corrected chi connectivity index (χ4v) is 2.34. The molecule has 0 aliphatic heterocycles. The molecule has 2 aromatic rings. The Morgan fingerprint density at radius 2 is 1.75 bits per heavy atom. The van der Waals surface area contributed by atoms with Crippen molar-refractivity contribution in [3.8, 4) is 11.5 Å². The van der Waals surface area contributed by atoms with Gasteiger partial charge >= 0.3 is 5.97 Å². The van der Waals surface area contributed by atoms with Gasteiger partial charge < -0.3 is 14.6 Å². The molecule has 2 rings (SSSR count). The van der Waals surface area contributed by atoms with Crippen molar-refractivity contribution in [2.24, 2.45) is 0 Å². The molecule has 0 aliphatic carbocycles. The highest BCUT2D eigenvalue weighted by molar-refractivity contribution is 7.13. The van der Waals surface area contributed by atoms with Gasteiger partial charge in [0.2, 0.25) is 0 Å². The molecule has 0 amide bonds. The second-order valence-corrected chi connectivity index (χ2v) is 5.35. The quantitative estimate of drug-likeness (QED) is 0.843. The highest BCUT2D eigenvalue weighted by atomic mass is 32.1. The molecular weight excluding hydrogens is 276 g/mol. The summed E-state index contributed by atoms with van der Waals surface area (Å²) in [6.45, 7) is 3.13. The van der Waals surface area contributed by atoms with Crippen molar-refractivity contribution in [3.05, 3.63) is 46.2 Å². The van der Waals surface area contributed by atoms with Crippen LogP contribution in [0.1, 0.15) is 27.9 Å². The Bertz CT molecular complexity index is 560. The van der Waals surface area contributed by atoms with Crippen molar-refractivity contribution in [2.45, 2.75) is 20.0 Å². The number of carbonyl (C=O) groups is 1. The first-order valence-electron chi connectivity index (χ1n) is 6.36. The Morgan fingerprint density at radius 1 is 1.10 bits per heavy atom. The molecule has 1 aromatic carbocycles. The summed E-state index contributed by atoms with van der Waals surface area (Å²) >= 11 is 1.23. The van der Waals surface area contributed by atoms with Crippen LogP contribution in [0.4, 0.5) is 0 Å². The van der Waals surface area contributed by atoms with E-state index in [0.717, 1.165) is 22.8 Å². The number of carboxylic acids is 1. The van der Waals surface area contributed by atoms with Gasteiger partial charge in [0.15, 0.2) is 0 Å². The van der Waals surface area contributed by atoms with E-state index < -0.39 is 5.97 Å². The molecule has 0 bridgehead atoms. The van der Waals surface area contributed by atoms with Crippen LogP contribution >= 0.6 is 11.3 Å². The first kappa shape index (κ1) is 14.4. The molecule has 5 heteroatoms.